The Balaban J connectivity index is 1.76. The number of para-hydroxylation sites is 1. The Kier molecular flexibility index (Phi) is 5.74. The molecule has 120 valence electrons. The molecule has 2 aromatic rings. The molecule has 0 saturated carbocycles. The van der Waals surface area contributed by atoms with Crippen molar-refractivity contribution in [1.29, 1.82) is 0 Å². The second kappa shape index (κ2) is 7.98. The van der Waals surface area contributed by atoms with Crippen LogP contribution in [0.4, 0.5) is 0 Å². The van der Waals surface area contributed by atoms with Gasteiger partial charge in [-0.15, -0.1) is 0 Å². The number of rotatable bonds is 5. The highest BCUT2D eigenvalue weighted by atomic mass is 16.5. The van der Waals surface area contributed by atoms with Crippen LogP contribution in [0.1, 0.15) is 16.7 Å². The molecule has 0 radical (unpaired) electrons. The molecular weight excluding hydrogens is 292 g/mol. The minimum absolute atomic E-state index is 0.155. The van der Waals surface area contributed by atoms with E-state index in [1.165, 1.54) is 0 Å². The zero-order chi connectivity index (χ0) is 16.7. The summed E-state index contributed by atoms with van der Waals surface area (Å²) >= 11 is 0. The van der Waals surface area contributed by atoms with E-state index in [1.54, 1.807) is 0 Å². The standard InChI is InChI=1S/C18H20N2O3/c1-13-7-6-8-14(2)18(13)23-12-17(22)20-19-16(21)11-15-9-4-3-5-10-15/h3-10H,11-12H2,1-2H3,(H,19,21)(H,20,22). The van der Waals surface area contributed by atoms with E-state index >= 15 is 0 Å². The Morgan fingerprint density at radius 3 is 2.13 bits per heavy atom. The van der Waals surface area contributed by atoms with Crippen LogP contribution in [-0.2, 0) is 16.0 Å². The molecule has 0 atom stereocenters. The van der Waals surface area contributed by atoms with E-state index < -0.39 is 5.91 Å². The van der Waals surface area contributed by atoms with Gasteiger partial charge in [-0.2, -0.15) is 0 Å². The number of hydrogen-bond donors (Lipinski definition) is 2. The largest absolute Gasteiger partial charge is 0.483 e. The maximum Gasteiger partial charge on any atom is 0.276 e. The van der Waals surface area contributed by atoms with Gasteiger partial charge in [0.15, 0.2) is 6.61 Å². The van der Waals surface area contributed by atoms with Crippen molar-refractivity contribution in [3.63, 3.8) is 0 Å². The summed E-state index contributed by atoms with van der Waals surface area (Å²) in [4.78, 5) is 23.5. The number of carbonyl (C=O) groups is 2. The summed E-state index contributed by atoms with van der Waals surface area (Å²) in [6, 6.07) is 15.1. The molecule has 0 aliphatic heterocycles. The van der Waals surface area contributed by atoms with Crippen LogP contribution in [-0.4, -0.2) is 18.4 Å². The van der Waals surface area contributed by atoms with E-state index in [0.29, 0.717) is 5.75 Å². The second-order valence-electron chi connectivity index (χ2n) is 5.27. The van der Waals surface area contributed by atoms with E-state index in [-0.39, 0.29) is 18.9 Å². The number of hydrogen-bond acceptors (Lipinski definition) is 3. The van der Waals surface area contributed by atoms with Gasteiger partial charge in [0.05, 0.1) is 6.42 Å². The first-order chi connectivity index (χ1) is 11.1. The fourth-order valence-corrected chi connectivity index (χ4v) is 2.17. The molecule has 0 fully saturated rings. The molecule has 0 unspecified atom stereocenters. The highest BCUT2D eigenvalue weighted by Crippen LogP contribution is 2.21. The highest BCUT2D eigenvalue weighted by molar-refractivity contribution is 5.83. The number of ether oxygens (including phenoxy) is 1. The minimum Gasteiger partial charge on any atom is -0.483 e. The zero-order valence-corrected chi connectivity index (χ0v) is 13.3. The van der Waals surface area contributed by atoms with Gasteiger partial charge in [-0.25, -0.2) is 0 Å². The molecule has 23 heavy (non-hydrogen) atoms. The lowest BCUT2D eigenvalue weighted by Gasteiger charge is -2.12. The van der Waals surface area contributed by atoms with Gasteiger partial charge < -0.3 is 4.74 Å². The van der Waals surface area contributed by atoms with Crippen LogP contribution in [0.25, 0.3) is 0 Å². The lowest BCUT2D eigenvalue weighted by Crippen LogP contribution is -2.44. The molecule has 0 heterocycles. The van der Waals surface area contributed by atoms with Crippen LogP contribution in [0.3, 0.4) is 0 Å². The summed E-state index contributed by atoms with van der Waals surface area (Å²) in [5.74, 6) is 0.00366. The van der Waals surface area contributed by atoms with Crippen LogP contribution >= 0.6 is 0 Å². The molecule has 0 spiro atoms. The van der Waals surface area contributed by atoms with Crippen LogP contribution < -0.4 is 15.6 Å². The van der Waals surface area contributed by atoms with Crippen molar-refractivity contribution in [3.8, 4) is 5.75 Å². The summed E-state index contributed by atoms with van der Waals surface area (Å²) in [5, 5.41) is 0. The average Bonchev–Trinajstić information content (AvgIpc) is 2.53. The highest BCUT2D eigenvalue weighted by Gasteiger charge is 2.08. The quantitative estimate of drug-likeness (QED) is 0.831. The van der Waals surface area contributed by atoms with Gasteiger partial charge in [0.1, 0.15) is 5.75 Å². The van der Waals surface area contributed by atoms with Gasteiger partial charge in [0.25, 0.3) is 5.91 Å². The van der Waals surface area contributed by atoms with Crippen LogP contribution in [0, 0.1) is 13.8 Å². The first-order valence-electron chi connectivity index (χ1n) is 7.37. The summed E-state index contributed by atoms with van der Waals surface area (Å²) in [7, 11) is 0. The summed E-state index contributed by atoms with van der Waals surface area (Å²) < 4.78 is 5.52. The van der Waals surface area contributed by atoms with Gasteiger partial charge in [-0.1, -0.05) is 48.5 Å². The molecule has 5 nitrogen and oxygen atoms in total. The second-order valence-corrected chi connectivity index (χ2v) is 5.27. The molecule has 0 aliphatic carbocycles. The van der Waals surface area contributed by atoms with Crippen LogP contribution in [0.15, 0.2) is 48.5 Å². The van der Waals surface area contributed by atoms with Crippen molar-refractivity contribution in [2.24, 2.45) is 0 Å². The van der Waals surface area contributed by atoms with Crippen molar-refractivity contribution in [3.05, 3.63) is 65.2 Å². The summed E-state index contributed by atoms with van der Waals surface area (Å²) in [6.07, 6.45) is 0.207. The lowest BCUT2D eigenvalue weighted by atomic mass is 10.1. The number of nitrogens with one attached hydrogen (secondary N) is 2. The minimum atomic E-state index is -0.408. The van der Waals surface area contributed by atoms with E-state index in [1.807, 2.05) is 62.4 Å². The molecule has 2 aromatic carbocycles. The van der Waals surface area contributed by atoms with Gasteiger partial charge in [-0.3, -0.25) is 20.4 Å². The Labute approximate surface area is 135 Å². The van der Waals surface area contributed by atoms with E-state index in [2.05, 4.69) is 10.9 Å². The summed E-state index contributed by atoms with van der Waals surface area (Å²) in [6.45, 7) is 3.68. The smallest absolute Gasteiger partial charge is 0.276 e. The van der Waals surface area contributed by atoms with Crippen molar-refractivity contribution >= 4 is 11.8 Å². The Morgan fingerprint density at radius 1 is 0.870 bits per heavy atom. The van der Waals surface area contributed by atoms with E-state index in [0.717, 1.165) is 16.7 Å². The average molecular weight is 312 g/mol. The van der Waals surface area contributed by atoms with Crippen molar-refractivity contribution in [2.45, 2.75) is 20.3 Å². The third kappa shape index (κ3) is 5.14. The van der Waals surface area contributed by atoms with Gasteiger partial charge in [-0.05, 0) is 30.5 Å². The number of benzene rings is 2. The maximum atomic E-state index is 11.7. The normalized spacial score (nSPS) is 10.0. The number of hydrazine groups is 1. The molecule has 0 aliphatic rings. The lowest BCUT2D eigenvalue weighted by molar-refractivity contribution is -0.129. The fraction of sp³-hybridized carbons (Fsp3) is 0.222. The molecule has 5 heteroatoms. The van der Waals surface area contributed by atoms with Crippen molar-refractivity contribution in [2.75, 3.05) is 6.61 Å². The predicted molar refractivity (Wildman–Crippen MR) is 87.8 cm³/mol. The van der Waals surface area contributed by atoms with Crippen LogP contribution in [0.2, 0.25) is 0 Å². The predicted octanol–water partition coefficient (Wildman–Crippen LogP) is 2.07. The van der Waals surface area contributed by atoms with Crippen LogP contribution in [0.5, 0.6) is 5.75 Å². The number of carbonyl (C=O) groups excluding carboxylic acids is 2. The van der Waals surface area contributed by atoms with Gasteiger partial charge >= 0.3 is 0 Å². The fourth-order valence-electron chi connectivity index (χ4n) is 2.17. The van der Waals surface area contributed by atoms with Crippen molar-refractivity contribution in [1.82, 2.24) is 10.9 Å². The maximum absolute atomic E-state index is 11.7. The first kappa shape index (κ1) is 16.5. The van der Waals surface area contributed by atoms with Crippen molar-refractivity contribution < 1.29 is 14.3 Å². The SMILES string of the molecule is Cc1cccc(C)c1OCC(=O)NNC(=O)Cc1ccccc1. The molecule has 2 N–H and O–H groups in total. The van der Waals surface area contributed by atoms with Gasteiger partial charge in [0, 0.05) is 0 Å². The zero-order valence-electron chi connectivity index (χ0n) is 13.3. The Morgan fingerprint density at radius 2 is 1.48 bits per heavy atom. The molecule has 2 rings (SSSR count). The monoisotopic (exact) mass is 312 g/mol. The number of amides is 2. The third-order valence-corrected chi connectivity index (χ3v) is 3.31. The first-order valence-corrected chi connectivity index (χ1v) is 7.37. The molecule has 0 saturated heterocycles. The molecule has 2 amide bonds. The Hall–Kier alpha value is -2.82. The van der Waals surface area contributed by atoms with E-state index in [9.17, 15) is 9.59 Å². The molecular formula is C18H20N2O3. The number of aryl methyl sites for hydroxylation is 2. The molecule has 0 aromatic heterocycles. The third-order valence-electron chi connectivity index (χ3n) is 3.31. The topological polar surface area (TPSA) is 67.4 Å². The Bertz CT molecular complexity index is 664. The summed E-state index contributed by atoms with van der Waals surface area (Å²) in [5.41, 5.74) is 7.53. The molecule has 0 bridgehead atoms. The van der Waals surface area contributed by atoms with Gasteiger partial charge in [0.2, 0.25) is 5.91 Å². The van der Waals surface area contributed by atoms with E-state index in [4.69, 9.17) is 4.74 Å².